The standard InChI is InChI=1S/C15H13BrCl2N2O/c1-9-6-10(16)2-5-14(9)20-15(21)8-19-11-3-4-12(17)13(18)7-11/h2-7,19H,8H2,1H3,(H,20,21). The molecular weight excluding hydrogens is 375 g/mol. The molecule has 110 valence electrons. The first-order valence-electron chi connectivity index (χ1n) is 6.20. The predicted octanol–water partition coefficient (Wildman–Crippen LogP) is 5.11. The fourth-order valence-corrected chi connectivity index (χ4v) is 2.52. The van der Waals surface area contributed by atoms with Crippen LogP contribution in [-0.2, 0) is 4.79 Å². The van der Waals surface area contributed by atoms with E-state index in [1.807, 2.05) is 25.1 Å². The Morgan fingerprint density at radius 3 is 2.57 bits per heavy atom. The van der Waals surface area contributed by atoms with Crippen molar-refractivity contribution in [2.45, 2.75) is 6.92 Å². The second kappa shape index (κ2) is 7.16. The van der Waals surface area contributed by atoms with E-state index >= 15 is 0 Å². The summed E-state index contributed by atoms with van der Waals surface area (Å²) in [6, 6.07) is 10.8. The number of amides is 1. The van der Waals surface area contributed by atoms with Crippen LogP contribution in [0.5, 0.6) is 0 Å². The lowest BCUT2D eigenvalue weighted by Gasteiger charge is -2.10. The van der Waals surface area contributed by atoms with Gasteiger partial charge in [0.15, 0.2) is 0 Å². The summed E-state index contributed by atoms with van der Waals surface area (Å²) in [5.41, 5.74) is 2.53. The summed E-state index contributed by atoms with van der Waals surface area (Å²) in [5.74, 6) is -0.133. The molecule has 0 atom stereocenters. The Morgan fingerprint density at radius 2 is 1.90 bits per heavy atom. The molecule has 0 aliphatic rings. The molecule has 0 bridgehead atoms. The van der Waals surface area contributed by atoms with Gasteiger partial charge in [0.25, 0.3) is 0 Å². The summed E-state index contributed by atoms with van der Waals surface area (Å²) in [6.45, 7) is 2.08. The van der Waals surface area contributed by atoms with Crippen molar-refractivity contribution in [2.75, 3.05) is 17.2 Å². The van der Waals surface area contributed by atoms with Gasteiger partial charge in [0.2, 0.25) is 5.91 Å². The van der Waals surface area contributed by atoms with Gasteiger partial charge in [-0.2, -0.15) is 0 Å². The second-order valence-electron chi connectivity index (χ2n) is 4.49. The van der Waals surface area contributed by atoms with Gasteiger partial charge >= 0.3 is 0 Å². The van der Waals surface area contributed by atoms with Crippen LogP contribution in [0, 0.1) is 6.92 Å². The van der Waals surface area contributed by atoms with E-state index in [9.17, 15) is 4.79 Å². The van der Waals surface area contributed by atoms with E-state index in [2.05, 4.69) is 26.6 Å². The molecule has 0 saturated carbocycles. The number of halogens is 3. The molecule has 0 aliphatic carbocycles. The van der Waals surface area contributed by atoms with E-state index in [4.69, 9.17) is 23.2 Å². The molecule has 0 aliphatic heterocycles. The summed E-state index contributed by atoms with van der Waals surface area (Å²) in [6.07, 6.45) is 0. The SMILES string of the molecule is Cc1cc(Br)ccc1NC(=O)CNc1ccc(Cl)c(Cl)c1. The van der Waals surface area contributed by atoms with Gasteiger partial charge in [0, 0.05) is 15.8 Å². The summed E-state index contributed by atoms with van der Waals surface area (Å²) in [7, 11) is 0. The zero-order chi connectivity index (χ0) is 15.4. The second-order valence-corrected chi connectivity index (χ2v) is 6.22. The van der Waals surface area contributed by atoms with Crippen LogP contribution in [0.3, 0.4) is 0 Å². The van der Waals surface area contributed by atoms with E-state index in [1.54, 1.807) is 18.2 Å². The fraction of sp³-hybridized carbons (Fsp3) is 0.133. The number of aryl methyl sites for hydroxylation is 1. The maximum Gasteiger partial charge on any atom is 0.243 e. The number of anilines is 2. The van der Waals surface area contributed by atoms with E-state index in [-0.39, 0.29) is 12.5 Å². The Bertz CT molecular complexity index is 677. The van der Waals surface area contributed by atoms with Crippen molar-refractivity contribution in [2.24, 2.45) is 0 Å². The molecule has 0 fully saturated rings. The van der Waals surface area contributed by atoms with Crippen LogP contribution in [0.15, 0.2) is 40.9 Å². The summed E-state index contributed by atoms with van der Waals surface area (Å²) >= 11 is 15.1. The Morgan fingerprint density at radius 1 is 1.14 bits per heavy atom. The number of hydrogen-bond donors (Lipinski definition) is 2. The molecule has 0 heterocycles. The van der Waals surface area contributed by atoms with Crippen LogP contribution in [0.1, 0.15) is 5.56 Å². The van der Waals surface area contributed by atoms with E-state index in [0.717, 1.165) is 21.4 Å². The lowest BCUT2D eigenvalue weighted by molar-refractivity contribution is -0.114. The van der Waals surface area contributed by atoms with Gasteiger partial charge in [0.05, 0.1) is 16.6 Å². The smallest absolute Gasteiger partial charge is 0.243 e. The number of rotatable bonds is 4. The first-order valence-corrected chi connectivity index (χ1v) is 7.75. The largest absolute Gasteiger partial charge is 0.376 e. The van der Waals surface area contributed by atoms with Crippen LogP contribution in [0.2, 0.25) is 10.0 Å². The van der Waals surface area contributed by atoms with Crippen molar-refractivity contribution in [3.05, 3.63) is 56.5 Å². The molecule has 1 amide bonds. The lowest BCUT2D eigenvalue weighted by atomic mass is 10.2. The number of carbonyl (C=O) groups excluding carboxylic acids is 1. The number of benzene rings is 2. The first kappa shape index (κ1) is 16.1. The van der Waals surface area contributed by atoms with Crippen LogP contribution < -0.4 is 10.6 Å². The van der Waals surface area contributed by atoms with Gasteiger partial charge in [-0.05, 0) is 48.9 Å². The predicted molar refractivity (Wildman–Crippen MR) is 92.5 cm³/mol. The summed E-state index contributed by atoms with van der Waals surface area (Å²) < 4.78 is 0.979. The molecule has 3 nitrogen and oxygen atoms in total. The van der Waals surface area contributed by atoms with Gasteiger partial charge in [-0.3, -0.25) is 4.79 Å². The zero-order valence-corrected chi connectivity index (χ0v) is 14.3. The highest BCUT2D eigenvalue weighted by Crippen LogP contribution is 2.25. The first-order chi connectivity index (χ1) is 9.95. The van der Waals surface area contributed by atoms with Gasteiger partial charge < -0.3 is 10.6 Å². The molecule has 0 spiro atoms. The maximum atomic E-state index is 11.9. The quantitative estimate of drug-likeness (QED) is 0.764. The van der Waals surface area contributed by atoms with Crippen molar-refractivity contribution in [3.63, 3.8) is 0 Å². The molecule has 0 radical (unpaired) electrons. The van der Waals surface area contributed by atoms with Gasteiger partial charge in [-0.25, -0.2) is 0 Å². The molecule has 2 N–H and O–H groups in total. The molecule has 0 saturated heterocycles. The monoisotopic (exact) mass is 386 g/mol. The molecule has 21 heavy (non-hydrogen) atoms. The highest BCUT2D eigenvalue weighted by molar-refractivity contribution is 9.10. The molecule has 0 aromatic heterocycles. The van der Waals surface area contributed by atoms with E-state index < -0.39 is 0 Å². The average molecular weight is 388 g/mol. The lowest BCUT2D eigenvalue weighted by Crippen LogP contribution is -2.22. The zero-order valence-electron chi connectivity index (χ0n) is 11.2. The molecule has 0 unspecified atom stereocenters. The topological polar surface area (TPSA) is 41.1 Å². The highest BCUT2D eigenvalue weighted by Gasteiger charge is 2.06. The Labute approximate surface area is 141 Å². The van der Waals surface area contributed by atoms with E-state index in [1.165, 1.54) is 0 Å². The van der Waals surface area contributed by atoms with Gasteiger partial charge in [-0.1, -0.05) is 39.1 Å². The Hall–Kier alpha value is -1.23. The maximum absolute atomic E-state index is 11.9. The van der Waals surface area contributed by atoms with Crippen molar-refractivity contribution < 1.29 is 4.79 Å². The van der Waals surface area contributed by atoms with Gasteiger partial charge in [-0.15, -0.1) is 0 Å². The minimum Gasteiger partial charge on any atom is -0.376 e. The highest BCUT2D eigenvalue weighted by atomic mass is 79.9. The normalized spacial score (nSPS) is 10.3. The average Bonchev–Trinajstić information content (AvgIpc) is 2.43. The summed E-state index contributed by atoms with van der Waals surface area (Å²) in [4.78, 5) is 11.9. The molecule has 2 rings (SSSR count). The number of carbonyl (C=O) groups is 1. The van der Waals surface area contributed by atoms with Crippen LogP contribution in [0.4, 0.5) is 11.4 Å². The Kier molecular flexibility index (Phi) is 5.51. The number of hydrogen-bond acceptors (Lipinski definition) is 2. The van der Waals surface area contributed by atoms with Crippen LogP contribution >= 0.6 is 39.1 Å². The molecular formula is C15H13BrCl2N2O. The minimum absolute atomic E-state index is 0.133. The van der Waals surface area contributed by atoms with Crippen molar-refractivity contribution in [1.29, 1.82) is 0 Å². The van der Waals surface area contributed by atoms with Gasteiger partial charge in [0.1, 0.15) is 0 Å². The van der Waals surface area contributed by atoms with Crippen LogP contribution in [-0.4, -0.2) is 12.5 Å². The summed E-state index contributed by atoms with van der Waals surface area (Å²) in [5, 5.41) is 6.78. The fourth-order valence-electron chi connectivity index (χ4n) is 1.75. The van der Waals surface area contributed by atoms with Crippen molar-refractivity contribution in [1.82, 2.24) is 0 Å². The molecule has 2 aromatic rings. The minimum atomic E-state index is -0.133. The number of nitrogens with one attached hydrogen (secondary N) is 2. The third kappa shape index (κ3) is 4.63. The van der Waals surface area contributed by atoms with Crippen LogP contribution in [0.25, 0.3) is 0 Å². The van der Waals surface area contributed by atoms with E-state index in [0.29, 0.717) is 10.0 Å². The third-order valence-electron chi connectivity index (χ3n) is 2.84. The third-order valence-corrected chi connectivity index (χ3v) is 4.07. The molecule has 2 aromatic carbocycles. The Balaban J connectivity index is 1.94. The molecule has 6 heteroatoms. The van der Waals surface area contributed by atoms with Crippen molar-refractivity contribution in [3.8, 4) is 0 Å². The van der Waals surface area contributed by atoms with Crippen molar-refractivity contribution >= 4 is 56.4 Å².